The van der Waals surface area contributed by atoms with Crippen LogP contribution < -0.4 is 11.1 Å². The summed E-state index contributed by atoms with van der Waals surface area (Å²) in [5.41, 5.74) is 6.05. The molecule has 3 amide bonds. The highest BCUT2D eigenvalue weighted by Crippen LogP contribution is 2.11. The number of primary amides is 1. The van der Waals surface area contributed by atoms with E-state index in [0.29, 0.717) is 50.4 Å². The van der Waals surface area contributed by atoms with Gasteiger partial charge in [0.15, 0.2) is 0 Å². The number of nitrogens with two attached hydrogens (primary N) is 1. The maximum atomic E-state index is 12.6. The first-order valence-corrected chi connectivity index (χ1v) is 8.69. The third-order valence-electron chi connectivity index (χ3n) is 4.27. The van der Waals surface area contributed by atoms with Crippen molar-refractivity contribution in [2.75, 3.05) is 39.3 Å². The first kappa shape index (κ1) is 18.9. The van der Waals surface area contributed by atoms with Crippen molar-refractivity contribution >= 4 is 17.7 Å². The minimum absolute atomic E-state index is 0.0300. The average Bonchev–Trinajstić information content (AvgIpc) is 2.62. The number of unbranched alkanes of at least 4 members (excludes halogenated alkanes) is 1. The Balaban J connectivity index is 1.83. The molecule has 0 spiro atoms. The standard InChI is InChI=1S/C18H26N4O3/c1-2-3-7-20-16(23)13-21-8-10-22(11-9-21)18(25)15-6-4-5-14(12-15)17(19)24/h4-6,12H,2-3,7-11,13H2,1H3,(H2,19,24)(H,20,23). The van der Waals surface area contributed by atoms with E-state index >= 15 is 0 Å². The molecular weight excluding hydrogens is 320 g/mol. The lowest BCUT2D eigenvalue weighted by atomic mass is 10.1. The zero-order chi connectivity index (χ0) is 18.2. The summed E-state index contributed by atoms with van der Waals surface area (Å²) in [5.74, 6) is -0.633. The normalized spacial score (nSPS) is 15.0. The lowest BCUT2D eigenvalue weighted by Crippen LogP contribution is -2.51. The van der Waals surface area contributed by atoms with Gasteiger partial charge in [-0.2, -0.15) is 0 Å². The Hall–Kier alpha value is -2.41. The van der Waals surface area contributed by atoms with E-state index in [4.69, 9.17) is 5.73 Å². The molecule has 7 heteroatoms. The number of amides is 3. The number of carbonyl (C=O) groups excluding carboxylic acids is 3. The van der Waals surface area contributed by atoms with Crippen LogP contribution in [0.2, 0.25) is 0 Å². The summed E-state index contributed by atoms with van der Waals surface area (Å²) < 4.78 is 0. The summed E-state index contributed by atoms with van der Waals surface area (Å²) >= 11 is 0. The zero-order valence-electron chi connectivity index (χ0n) is 14.7. The molecule has 1 aromatic carbocycles. The highest BCUT2D eigenvalue weighted by molar-refractivity contribution is 5.99. The van der Waals surface area contributed by atoms with Crippen LogP contribution in [0.25, 0.3) is 0 Å². The van der Waals surface area contributed by atoms with Gasteiger partial charge in [-0.25, -0.2) is 0 Å². The van der Waals surface area contributed by atoms with E-state index < -0.39 is 5.91 Å². The van der Waals surface area contributed by atoms with Crippen molar-refractivity contribution in [3.63, 3.8) is 0 Å². The van der Waals surface area contributed by atoms with E-state index in [2.05, 4.69) is 12.2 Å². The lowest BCUT2D eigenvalue weighted by molar-refractivity contribution is -0.122. The van der Waals surface area contributed by atoms with Crippen LogP contribution in [0, 0.1) is 0 Å². The third kappa shape index (κ3) is 5.56. The Morgan fingerprint density at radius 1 is 1.12 bits per heavy atom. The summed E-state index contributed by atoms with van der Waals surface area (Å²) in [4.78, 5) is 39.4. The van der Waals surface area contributed by atoms with Gasteiger partial charge in [-0.15, -0.1) is 0 Å². The van der Waals surface area contributed by atoms with Gasteiger partial charge < -0.3 is 16.0 Å². The molecule has 0 unspecified atom stereocenters. The van der Waals surface area contributed by atoms with Crippen LogP contribution in [0.1, 0.15) is 40.5 Å². The molecule has 1 aromatic rings. The number of hydrogen-bond donors (Lipinski definition) is 2. The van der Waals surface area contributed by atoms with Crippen LogP contribution in [0.4, 0.5) is 0 Å². The summed E-state index contributed by atoms with van der Waals surface area (Å²) in [6, 6.07) is 6.46. The predicted octanol–water partition coefficient (Wildman–Crippen LogP) is 0.460. The van der Waals surface area contributed by atoms with E-state index in [0.717, 1.165) is 12.8 Å². The summed E-state index contributed by atoms with van der Waals surface area (Å²) in [6.45, 7) is 5.59. The van der Waals surface area contributed by atoms with Crippen LogP contribution in [0.15, 0.2) is 24.3 Å². The van der Waals surface area contributed by atoms with Gasteiger partial charge >= 0.3 is 0 Å². The van der Waals surface area contributed by atoms with Gasteiger partial charge in [0.1, 0.15) is 0 Å². The maximum absolute atomic E-state index is 12.6. The van der Waals surface area contributed by atoms with Crippen molar-refractivity contribution in [3.8, 4) is 0 Å². The molecule has 7 nitrogen and oxygen atoms in total. The summed E-state index contributed by atoms with van der Waals surface area (Å²) in [5, 5.41) is 2.90. The number of benzene rings is 1. The van der Waals surface area contributed by atoms with Crippen LogP contribution in [0.5, 0.6) is 0 Å². The van der Waals surface area contributed by atoms with Gasteiger partial charge in [0.2, 0.25) is 11.8 Å². The first-order valence-electron chi connectivity index (χ1n) is 8.69. The van der Waals surface area contributed by atoms with E-state index in [1.165, 1.54) is 6.07 Å². The molecule has 1 aliphatic heterocycles. The molecule has 0 saturated carbocycles. The van der Waals surface area contributed by atoms with Crippen LogP contribution in [-0.4, -0.2) is 66.8 Å². The SMILES string of the molecule is CCCCNC(=O)CN1CCN(C(=O)c2cccc(C(N)=O)c2)CC1. The Morgan fingerprint density at radius 2 is 1.80 bits per heavy atom. The van der Waals surface area contributed by atoms with Crippen molar-refractivity contribution < 1.29 is 14.4 Å². The number of nitrogens with one attached hydrogen (secondary N) is 1. The molecular formula is C18H26N4O3. The van der Waals surface area contributed by atoms with Crippen molar-refractivity contribution in [1.82, 2.24) is 15.1 Å². The minimum atomic E-state index is -0.548. The molecule has 25 heavy (non-hydrogen) atoms. The van der Waals surface area contributed by atoms with Gasteiger partial charge in [-0.1, -0.05) is 19.4 Å². The Bertz CT molecular complexity index is 625. The largest absolute Gasteiger partial charge is 0.366 e. The Kier molecular flexibility index (Phi) is 6.94. The average molecular weight is 346 g/mol. The highest BCUT2D eigenvalue weighted by Gasteiger charge is 2.23. The molecule has 1 aliphatic rings. The van der Waals surface area contributed by atoms with E-state index in [1.807, 2.05) is 4.90 Å². The smallest absolute Gasteiger partial charge is 0.253 e. The molecule has 1 fully saturated rings. The molecule has 136 valence electrons. The van der Waals surface area contributed by atoms with E-state index in [-0.39, 0.29) is 11.8 Å². The number of piperazine rings is 1. The summed E-state index contributed by atoms with van der Waals surface area (Å²) in [6.07, 6.45) is 2.04. The van der Waals surface area contributed by atoms with Crippen molar-refractivity contribution in [1.29, 1.82) is 0 Å². The fourth-order valence-electron chi connectivity index (χ4n) is 2.76. The van der Waals surface area contributed by atoms with Gasteiger partial charge in [0.05, 0.1) is 6.54 Å². The number of carbonyl (C=O) groups is 3. The second-order valence-corrected chi connectivity index (χ2v) is 6.22. The lowest BCUT2D eigenvalue weighted by Gasteiger charge is -2.34. The second kappa shape index (κ2) is 9.17. The maximum Gasteiger partial charge on any atom is 0.253 e. The van der Waals surface area contributed by atoms with Crippen molar-refractivity contribution in [2.24, 2.45) is 5.73 Å². The molecule has 0 aliphatic carbocycles. The van der Waals surface area contributed by atoms with Crippen molar-refractivity contribution in [2.45, 2.75) is 19.8 Å². The monoisotopic (exact) mass is 346 g/mol. The molecule has 0 radical (unpaired) electrons. The Morgan fingerprint density at radius 3 is 2.44 bits per heavy atom. The fourth-order valence-corrected chi connectivity index (χ4v) is 2.76. The van der Waals surface area contributed by atoms with Gasteiger partial charge in [0, 0.05) is 43.9 Å². The minimum Gasteiger partial charge on any atom is -0.366 e. The highest BCUT2D eigenvalue weighted by atomic mass is 16.2. The van der Waals surface area contributed by atoms with Gasteiger partial charge in [0.25, 0.3) is 5.91 Å². The zero-order valence-corrected chi connectivity index (χ0v) is 14.7. The predicted molar refractivity (Wildman–Crippen MR) is 95.2 cm³/mol. The molecule has 0 aromatic heterocycles. The van der Waals surface area contributed by atoms with E-state index in [1.54, 1.807) is 23.1 Å². The van der Waals surface area contributed by atoms with Gasteiger partial charge in [-0.3, -0.25) is 19.3 Å². The molecule has 1 saturated heterocycles. The quantitative estimate of drug-likeness (QED) is 0.701. The van der Waals surface area contributed by atoms with Crippen LogP contribution in [0.3, 0.4) is 0 Å². The third-order valence-corrected chi connectivity index (χ3v) is 4.27. The molecule has 2 rings (SSSR count). The molecule has 1 heterocycles. The number of rotatable bonds is 7. The fraction of sp³-hybridized carbons (Fsp3) is 0.500. The summed E-state index contributed by atoms with van der Waals surface area (Å²) in [7, 11) is 0. The number of hydrogen-bond acceptors (Lipinski definition) is 4. The topological polar surface area (TPSA) is 95.7 Å². The van der Waals surface area contributed by atoms with E-state index in [9.17, 15) is 14.4 Å². The van der Waals surface area contributed by atoms with Crippen LogP contribution in [-0.2, 0) is 4.79 Å². The Labute approximate surface area is 148 Å². The molecule has 3 N–H and O–H groups in total. The van der Waals surface area contributed by atoms with Crippen LogP contribution >= 0.6 is 0 Å². The molecule has 0 atom stereocenters. The second-order valence-electron chi connectivity index (χ2n) is 6.22. The molecule has 0 bridgehead atoms. The van der Waals surface area contributed by atoms with Crippen molar-refractivity contribution in [3.05, 3.63) is 35.4 Å². The van der Waals surface area contributed by atoms with Gasteiger partial charge in [-0.05, 0) is 24.6 Å². The number of nitrogens with zero attached hydrogens (tertiary/aromatic N) is 2. The first-order chi connectivity index (χ1) is 12.0.